The number of hydrogen-bond donors (Lipinski definition) is 6. The van der Waals surface area contributed by atoms with Crippen LogP contribution in [0, 0.1) is 0 Å². The fourth-order valence-electron chi connectivity index (χ4n) is 0. The summed E-state index contributed by atoms with van der Waals surface area (Å²) in [6, 6.07) is 0. The summed E-state index contributed by atoms with van der Waals surface area (Å²) >= 11 is 0. The summed E-state index contributed by atoms with van der Waals surface area (Å²) in [5.41, 5.74) is 0. The van der Waals surface area contributed by atoms with Crippen LogP contribution in [0.2, 0.25) is 0 Å². The molecular formula is H7FO6P2. The van der Waals surface area contributed by atoms with Gasteiger partial charge in [-0.3, -0.25) is 4.70 Å². The summed E-state index contributed by atoms with van der Waals surface area (Å²) in [5, 5.41) is 0. The van der Waals surface area contributed by atoms with Crippen LogP contribution in [-0.4, -0.2) is 29.4 Å². The molecule has 0 aliphatic heterocycles. The van der Waals surface area contributed by atoms with Gasteiger partial charge in [0.15, 0.2) is 0 Å². The standard InChI is InChI=1S/FH.2H3O3P/c;2*1-4(2)3/h1H;2*1-3H. The van der Waals surface area contributed by atoms with E-state index in [9.17, 15) is 0 Å². The third-order valence-corrected chi connectivity index (χ3v) is 0. The lowest BCUT2D eigenvalue weighted by Crippen LogP contribution is -1.54. The fraction of sp³-hybridized carbons (Fsp3) is 0. The van der Waals surface area contributed by atoms with Crippen molar-refractivity contribution in [3.05, 3.63) is 0 Å². The van der Waals surface area contributed by atoms with Gasteiger partial charge in [-0.25, -0.2) is 0 Å². The maximum atomic E-state index is 7.23. The second kappa shape index (κ2) is 11.4. The largest absolute Gasteiger partial charge is 0.328 e. The fourth-order valence-corrected chi connectivity index (χ4v) is 0. The van der Waals surface area contributed by atoms with Gasteiger partial charge in [0.25, 0.3) is 0 Å². The molecule has 6 nitrogen and oxygen atoms in total. The van der Waals surface area contributed by atoms with Crippen molar-refractivity contribution < 1.29 is 34.1 Å². The number of halogens is 1. The molecule has 0 aliphatic carbocycles. The zero-order chi connectivity index (χ0) is 7.15. The summed E-state index contributed by atoms with van der Waals surface area (Å²) in [5.74, 6) is 0. The molecule has 0 aromatic rings. The topological polar surface area (TPSA) is 121 Å². The van der Waals surface area contributed by atoms with E-state index >= 15 is 0 Å². The molecule has 0 spiro atoms. The molecule has 0 bridgehead atoms. The highest BCUT2D eigenvalue weighted by Gasteiger charge is 1.76. The highest BCUT2D eigenvalue weighted by Crippen LogP contribution is 2.12. The molecular weight excluding hydrogens is 177 g/mol. The molecule has 0 amide bonds. The summed E-state index contributed by atoms with van der Waals surface area (Å²) in [4.78, 5) is 43.4. The summed E-state index contributed by atoms with van der Waals surface area (Å²) in [6.07, 6.45) is 0. The minimum Gasteiger partial charge on any atom is -0.328 e. The van der Waals surface area contributed by atoms with E-state index in [0.29, 0.717) is 0 Å². The number of hydrogen-bond acceptors (Lipinski definition) is 6. The van der Waals surface area contributed by atoms with Crippen molar-refractivity contribution in [3.63, 3.8) is 0 Å². The first-order valence-electron chi connectivity index (χ1n) is 1.20. The van der Waals surface area contributed by atoms with Gasteiger partial charge in [0.1, 0.15) is 0 Å². The maximum Gasteiger partial charge on any atom is 0.324 e. The van der Waals surface area contributed by atoms with Crippen LogP contribution in [0.4, 0.5) is 4.70 Å². The lowest BCUT2D eigenvalue weighted by Gasteiger charge is -1.76. The van der Waals surface area contributed by atoms with E-state index in [-0.39, 0.29) is 4.70 Å². The molecule has 0 aliphatic rings. The summed E-state index contributed by atoms with van der Waals surface area (Å²) in [7, 11) is -5.24. The van der Waals surface area contributed by atoms with Crippen molar-refractivity contribution in [1.29, 1.82) is 0 Å². The van der Waals surface area contributed by atoms with Crippen LogP contribution in [0.3, 0.4) is 0 Å². The molecule has 9 heavy (non-hydrogen) atoms. The zero-order valence-electron chi connectivity index (χ0n) is 3.99. The summed E-state index contributed by atoms with van der Waals surface area (Å²) in [6.45, 7) is 0. The first kappa shape index (κ1) is 16.3. The molecule has 9 heteroatoms. The van der Waals surface area contributed by atoms with Gasteiger partial charge in [-0.05, 0) is 0 Å². The van der Waals surface area contributed by atoms with E-state index in [4.69, 9.17) is 29.4 Å². The van der Waals surface area contributed by atoms with Crippen molar-refractivity contribution in [2.75, 3.05) is 0 Å². The molecule has 0 rings (SSSR count). The molecule has 0 heterocycles. The van der Waals surface area contributed by atoms with Crippen LogP contribution in [0.5, 0.6) is 0 Å². The maximum absolute atomic E-state index is 7.23. The van der Waals surface area contributed by atoms with Gasteiger partial charge in [-0.1, -0.05) is 0 Å². The molecule has 0 aromatic carbocycles. The smallest absolute Gasteiger partial charge is 0.324 e. The lowest BCUT2D eigenvalue weighted by molar-refractivity contribution is 0.366. The molecule has 0 saturated heterocycles. The SMILES string of the molecule is F.OP(O)O.OP(O)O. The van der Waals surface area contributed by atoms with Crippen LogP contribution in [0.25, 0.3) is 0 Å². The van der Waals surface area contributed by atoms with E-state index in [1.54, 1.807) is 0 Å². The van der Waals surface area contributed by atoms with Gasteiger partial charge in [0.05, 0.1) is 0 Å². The van der Waals surface area contributed by atoms with Gasteiger partial charge >= 0.3 is 17.2 Å². The van der Waals surface area contributed by atoms with Crippen molar-refractivity contribution in [1.82, 2.24) is 0 Å². The average molecular weight is 184 g/mol. The van der Waals surface area contributed by atoms with E-state index < -0.39 is 17.2 Å². The van der Waals surface area contributed by atoms with Crippen LogP contribution in [0.1, 0.15) is 0 Å². The zero-order valence-corrected chi connectivity index (χ0v) is 5.77. The normalized spacial score (nSPS) is 8.00. The highest BCUT2D eigenvalue weighted by molar-refractivity contribution is 7.38. The van der Waals surface area contributed by atoms with Gasteiger partial charge in [-0.2, -0.15) is 0 Å². The Kier molecular flexibility index (Phi) is 20.5. The van der Waals surface area contributed by atoms with Crippen LogP contribution in [-0.2, 0) is 0 Å². The molecule has 60 valence electrons. The third-order valence-electron chi connectivity index (χ3n) is 0. The molecule has 0 radical (unpaired) electrons. The Morgan fingerprint density at radius 1 is 0.556 bits per heavy atom. The van der Waals surface area contributed by atoms with Gasteiger partial charge in [-0.15, -0.1) is 0 Å². The van der Waals surface area contributed by atoms with Crippen molar-refractivity contribution in [2.24, 2.45) is 0 Å². The van der Waals surface area contributed by atoms with Crippen LogP contribution >= 0.6 is 17.2 Å². The molecule has 0 atom stereocenters. The van der Waals surface area contributed by atoms with E-state index in [2.05, 4.69) is 0 Å². The first-order chi connectivity index (χ1) is 3.46. The van der Waals surface area contributed by atoms with E-state index in [1.807, 2.05) is 0 Å². The van der Waals surface area contributed by atoms with Gasteiger partial charge in [0, 0.05) is 0 Å². The Balaban J connectivity index is -0.0000000720. The van der Waals surface area contributed by atoms with Gasteiger partial charge < -0.3 is 29.4 Å². The van der Waals surface area contributed by atoms with Crippen LogP contribution in [0.15, 0.2) is 0 Å². The van der Waals surface area contributed by atoms with Crippen molar-refractivity contribution in [3.8, 4) is 0 Å². The second-order valence-electron chi connectivity index (χ2n) is 0.537. The van der Waals surface area contributed by atoms with Gasteiger partial charge in [0.2, 0.25) is 0 Å². The Bertz CT molecular complexity index is 26.5. The molecule has 0 unspecified atom stereocenters. The van der Waals surface area contributed by atoms with E-state index in [1.165, 1.54) is 0 Å². The third kappa shape index (κ3) is 1210. The summed E-state index contributed by atoms with van der Waals surface area (Å²) < 4.78 is 0. The first-order valence-corrected chi connectivity index (χ1v) is 3.60. The Hall–Kier alpha value is 0.550. The Labute approximate surface area is 52.4 Å². The number of rotatable bonds is 0. The molecule has 0 saturated carbocycles. The van der Waals surface area contributed by atoms with Crippen molar-refractivity contribution >= 4 is 17.2 Å². The Morgan fingerprint density at radius 3 is 0.556 bits per heavy atom. The second-order valence-corrected chi connectivity index (χ2v) is 1.61. The van der Waals surface area contributed by atoms with Crippen molar-refractivity contribution in [2.45, 2.75) is 0 Å². The minimum atomic E-state index is -2.62. The minimum absolute atomic E-state index is 0. The molecule has 0 fully saturated rings. The predicted molar refractivity (Wildman–Crippen MR) is 29.7 cm³/mol. The lowest BCUT2D eigenvalue weighted by atomic mass is 15.8. The molecule has 0 aromatic heterocycles. The quantitative estimate of drug-likeness (QED) is 0.255. The highest BCUT2D eigenvalue weighted by atomic mass is 31.2. The average Bonchev–Trinajstić information content (AvgIpc) is 1.25. The Morgan fingerprint density at radius 2 is 0.556 bits per heavy atom. The molecule has 6 N–H and O–H groups in total. The van der Waals surface area contributed by atoms with E-state index in [0.717, 1.165) is 0 Å². The predicted octanol–water partition coefficient (Wildman–Crippen LogP) is -1.47. The van der Waals surface area contributed by atoms with Crippen LogP contribution < -0.4 is 0 Å². The monoisotopic (exact) mass is 184 g/mol.